The topological polar surface area (TPSA) is 71.1 Å². The highest BCUT2D eigenvalue weighted by Gasteiger charge is 2.09. The molecule has 0 radical (unpaired) electrons. The number of amides is 2. The first-order valence-corrected chi connectivity index (χ1v) is 7.23. The molecule has 2 amide bonds. The summed E-state index contributed by atoms with van der Waals surface area (Å²) in [5.41, 5.74) is 2.08. The van der Waals surface area contributed by atoms with Gasteiger partial charge in [0.25, 0.3) is 5.91 Å². The zero-order chi connectivity index (χ0) is 15.9. The summed E-state index contributed by atoms with van der Waals surface area (Å²) in [7, 11) is 0. The standard InChI is InChI=1S/C17H19N3O2/c1-3-7-16(21)19-14-11-18-15(10-12(14)2)20-17(22)13-8-5-4-6-9-13/h4-6,8-11H,3,7H2,1-2H3,(H,19,21)(H,18,20,22). The van der Waals surface area contributed by atoms with Gasteiger partial charge in [-0.05, 0) is 37.1 Å². The second-order valence-electron chi connectivity index (χ2n) is 5.00. The number of nitrogens with zero attached hydrogens (tertiary/aromatic N) is 1. The van der Waals surface area contributed by atoms with Crippen LogP contribution in [-0.4, -0.2) is 16.8 Å². The number of pyridine rings is 1. The van der Waals surface area contributed by atoms with Crippen LogP contribution in [0.1, 0.15) is 35.7 Å². The van der Waals surface area contributed by atoms with Crippen LogP contribution < -0.4 is 10.6 Å². The highest BCUT2D eigenvalue weighted by atomic mass is 16.2. The summed E-state index contributed by atoms with van der Waals surface area (Å²) in [6.07, 6.45) is 2.83. The minimum absolute atomic E-state index is 0.0338. The Morgan fingerprint density at radius 3 is 2.50 bits per heavy atom. The normalized spacial score (nSPS) is 10.1. The third kappa shape index (κ3) is 4.15. The molecule has 0 unspecified atom stereocenters. The molecule has 0 saturated heterocycles. The molecular weight excluding hydrogens is 278 g/mol. The van der Waals surface area contributed by atoms with E-state index in [-0.39, 0.29) is 11.8 Å². The zero-order valence-electron chi connectivity index (χ0n) is 12.7. The third-order valence-electron chi connectivity index (χ3n) is 3.14. The van der Waals surface area contributed by atoms with Crippen molar-refractivity contribution in [2.45, 2.75) is 26.7 Å². The molecule has 0 atom stereocenters. The third-order valence-corrected chi connectivity index (χ3v) is 3.14. The Kier molecular flexibility index (Phi) is 5.25. The smallest absolute Gasteiger partial charge is 0.256 e. The summed E-state index contributed by atoms with van der Waals surface area (Å²) in [5, 5.41) is 5.55. The van der Waals surface area contributed by atoms with Gasteiger partial charge in [-0.1, -0.05) is 25.1 Å². The van der Waals surface area contributed by atoms with E-state index in [9.17, 15) is 9.59 Å². The average molecular weight is 297 g/mol. The van der Waals surface area contributed by atoms with Crippen LogP contribution in [0, 0.1) is 6.92 Å². The number of aromatic nitrogens is 1. The minimum Gasteiger partial charge on any atom is -0.325 e. The van der Waals surface area contributed by atoms with Crippen molar-refractivity contribution in [3.8, 4) is 0 Å². The Labute approximate surface area is 129 Å². The average Bonchev–Trinajstić information content (AvgIpc) is 2.51. The lowest BCUT2D eigenvalue weighted by atomic mass is 10.2. The summed E-state index contributed by atoms with van der Waals surface area (Å²) in [5.74, 6) is 0.212. The van der Waals surface area contributed by atoms with Crippen LogP contribution in [0.25, 0.3) is 0 Å². The van der Waals surface area contributed by atoms with Gasteiger partial charge in [0, 0.05) is 12.0 Å². The van der Waals surface area contributed by atoms with Crippen molar-refractivity contribution in [3.63, 3.8) is 0 Å². The van der Waals surface area contributed by atoms with E-state index in [4.69, 9.17) is 0 Å². The Morgan fingerprint density at radius 2 is 1.86 bits per heavy atom. The number of hydrogen-bond donors (Lipinski definition) is 2. The van der Waals surface area contributed by atoms with E-state index < -0.39 is 0 Å². The number of carbonyl (C=O) groups excluding carboxylic acids is 2. The maximum absolute atomic E-state index is 12.1. The van der Waals surface area contributed by atoms with Crippen LogP contribution in [0.2, 0.25) is 0 Å². The molecule has 1 aromatic heterocycles. The Morgan fingerprint density at radius 1 is 1.14 bits per heavy atom. The van der Waals surface area contributed by atoms with Crippen molar-refractivity contribution in [2.24, 2.45) is 0 Å². The monoisotopic (exact) mass is 297 g/mol. The van der Waals surface area contributed by atoms with Gasteiger partial charge in [0.05, 0.1) is 11.9 Å². The van der Waals surface area contributed by atoms with Gasteiger partial charge in [0.15, 0.2) is 0 Å². The molecule has 1 aromatic carbocycles. The van der Waals surface area contributed by atoms with E-state index in [1.165, 1.54) is 0 Å². The second-order valence-corrected chi connectivity index (χ2v) is 5.00. The van der Waals surface area contributed by atoms with Gasteiger partial charge in [-0.2, -0.15) is 0 Å². The quantitative estimate of drug-likeness (QED) is 0.888. The maximum Gasteiger partial charge on any atom is 0.256 e. The molecule has 0 fully saturated rings. The zero-order valence-corrected chi connectivity index (χ0v) is 12.7. The van der Waals surface area contributed by atoms with Crippen molar-refractivity contribution >= 4 is 23.3 Å². The van der Waals surface area contributed by atoms with Crippen molar-refractivity contribution in [2.75, 3.05) is 10.6 Å². The summed E-state index contributed by atoms with van der Waals surface area (Å²) >= 11 is 0. The van der Waals surface area contributed by atoms with E-state index in [2.05, 4.69) is 15.6 Å². The van der Waals surface area contributed by atoms with Gasteiger partial charge in [0.1, 0.15) is 5.82 Å². The molecule has 2 rings (SSSR count). The lowest BCUT2D eigenvalue weighted by molar-refractivity contribution is -0.116. The molecule has 0 spiro atoms. The molecule has 0 aliphatic rings. The van der Waals surface area contributed by atoms with E-state index in [0.29, 0.717) is 23.5 Å². The number of benzene rings is 1. The van der Waals surface area contributed by atoms with Crippen molar-refractivity contribution in [1.82, 2.24) is 4.98 Å². The second kappa shape index (κ2) is 7.36. The van der Waals surface area contributed by atoms with Crippen LogP contribution in [0.3, 0.4) is 0 Å². The molecule has 0 saturated carbocycles. The fourth-order valence-corrected chi connectivity index (χ4v) is 1.97. The van der Waals surface area contributed by atoms with E-state index >= 15 is 0 Å². The fraction of sp³-hybridized carbons (Fsp3) is 0.235. The van der Waals surface area contributed by atoms with E-state index in [1.807, 2.05) is 19.9 Å². The molecule has 2 N–H and O–H groups in total. The SMILES string of the molecule is CCCC(=O)Nc1cnc(NC(=O)c2ccccc2)cc1C. The van der Waals surface area contributed by atoms with Crippen molar-refractivity contribution in [3.05, 3.63) is 53.7 Å². The first-order valence-electron chi connectivity index (χ1n) is 7.23. The molecule has 0 aliphatic carbocycles. The van der Waals surface area contributed by atoms with Gasteiger partial charge >= 0.3 is 0 Å². The molecule has 0 bridgehead atoms. The summed E-state index contributed by atoms with van der Waals surface area (Å²) in [6, 6.07) is 10.7. The minimum atomic E-state index is -0.213. The molecule has 5 heteroatoms. The highest BCUT2D eigenvalue weighted by Crippen LogP contribution is 2.17. The van der Waals surface area contributed by atoms with Crippen LogP contribution in [0.4, 0.5) is 11.5 Å². The van der Waals surface area contributed by atoms with Gasteiger partial charge in [-0.15, -0.1) is 0 Å². The maximum atomic E-state index is 12.1. The lowest BCUT2D eigenvalue weighted by Gasteiger charge is -2.10. The molecular formula is C17H19N3O2. The number of hydrogen-bond acceptors (Lipinski definition) is 3. The predicted molar refractivity (Wildman–Crippen MR) is 86.9 cm³/mol. The largest absolute Gasteiger partial charge is 0.325 e. The molecule has 5 nitrogen and oxygen atoms in total. The van der Waals surface area contributed by atoms with Crippen molar-refractivity contribution in [1.29, 1.82) is 0 Å². The van der Waals surface area contributed by atoms with Crippen molar-refractivity contribution < 1.29 is 9.59 Å². The van der Waals surface area contributed by atoms with Gasteiger partial charge in [-0.25, -0.2) is 4.98 Å². The first kappa shape index (κ1) is 15.7. The molecule has 114 valence electrons. The van der Waals surface area contributed by atoms with Crippen LogP contribution in [-0.2, 0) is 4.79 Å². The Hall–Kier alpha value is -2.69. The number of rotatable bonds is 5. The molecule has 2 aromatic rings. The summed E-state index contributed by atoms with van der Waals surface area (Å²) in [4.78, 5) is 27.8. The number of aryl methyl sites for hydroxylation is 1. The highest BCUT2D eigenvalue weighted by molar-refractivity contribution is 6.03. The summed E-state index contributed by atoms with van der Waals surface area (Å²) in [6.45, 7) is 3.81. The summed E-state index contributed by atoms with van der Waals surface area (Å²) < 4.78 is 0. The lowest BCUT2D eigenvalue weighted by Crippen LogP contribution is -2.14. The predicted octanol–water partition coefficient (Wildman–Crippen LogP) is 3.38. The fourth-order valence-electron chi connectivity index (χ4n) is 1.97. The molecule has 1 heterocycles. The first-order chi connectivity index (χ1) is 10.6. The van der Waals surface area contributed by atoms with Crippen LogP contribution >= 0.6 is 0 Å². The Bertz CT molecular complexity index is 669. The Balaban J connectivity index is 2.06. The van der Waals surface area contributed by atoms with E-state index in [0.717, 1.165) is 12.0 Å². The van der Waals surface area contributed by atoms with E-state index in [1.54, 1.807) is 36.5 Å². The molecule has 22 heavy (non-hydrogen) atoms. The number of anilines is 2. The molecule has 0 aliphatic heterocycles. The van der Waals surface area contributed by atoms with Gasteiger partial charge < -0.3 is 10.6 Å². The van der Waals surface area contributed by atoms with Gasteiger partial charge in [-0.3, -0.25) is 9.59 Å². The van der Waals surface area contributed by atoms with Crippen LogP contribution in [0.5, 0.6) is 0 Å². The number of carbonyl (C=O) groups is 2. The van der Waals surface area contributed by atoms with Gasteiger partial charge in [0.2, 0.25) is 5.91 Å². The van der Waals surface area contributed by atoms with Crippen LogP contribution in [0.15, 0.2) is 42.6 Å². The number of nitrogens with one attached hydrogen (secondary N) is 2.